The van der Waals surface area contributed by atoms with Crippen LogP contribution in [-0.4, -0.2) is 30.9 Å². The molecule has 0 radical (unpaired) electrons. The van der Waals surface area contributed by atoms with Crippen molar-refractivity contribution in [2.75, 3.05) is 23.8 Å². The van der Waals surface area contributed by atoms with E-state index < -0.39 is 5.54 Å². The summed E-state index contributed by atoms with van der Waals surface area (Å²) >= 11 is 0. The van der Waals surface area contributed by atoms with E-state index in [1.54, 1.807) is 36.4 Å². The van der Waals surface area contributed by atoms with Crippen LogP contribution in [0, 0.1) is 0 Å². The van der Waals surface area contributed by atoms with Crippen LogP contribution in [0.5, 0.6) is 23.0 Å². The summed E-state index contributed by atoms with van der Waals surface area (Å²) in [7, 11) is 0. The molecular weight excluding hydrogens is 448 g/mol. The number of ether oxygens (including phenoxy) is 4. The zero-order valence-electron chi connectivity index (χ0n) is 18.9. The first-order valence-corrected chi connectivity index (χ1v) is 11.2. The molecule has 0 aromatic heterocycles. The standard InChI is InChI=1S/C27H22N2O6/c1-17(11-18-5-3-2-4-6-18)27(26(31)28-19-7-9-21-23(12-19)34-15-32-21)14-25(30)29(27)20-8-10-22-24(13-20)35-16-33-22/h2-13H,14-16H2,1H3,(H,28,31). The van der Waals surface area contributed by atoms with Crippen molar-refractivity contribution in [3.8, 4) is 23.0 Å². The third-order valence-corrected chi connectivity index (χ3v) is 6.49. The van der Waals surface area contributed by atoms with E-state index in [1.165, 1.54) is 4.90 Å². The highest BCUT2D eigenvalue weighted by atomic mass is 16.7. The summed E-state index contributed by atoms with van der Waals surface area (Å²) in [5, 5.41) is 2.99. The number of rotatable bonds is 5. The molecule has 35 heavy (non-hydrogen) atoms. The van der Waals surface area contributed by atoms with Crippen molar-refractivity contribution in [2.24, 2.45) is 0 Å². The second kappa shape index (κ2) is 8.09. The number of hydrogen-bond donors (Lipinski definition) is 1. The predicted molar refractivity (Wildman–Crippen MR) is 129 cm³/mol. The second-order valence-electron chi connectivity index (χ2n) is 8.56. The molecule has 0 saturated carbocycles. The van der Waals surface area contributed by atoms with Crippen molar-refractivity contribution in [2.45, 2.75) is 18.9 Å². The van der Waals surface area contributed by atoms with E-state index in [0.29, 0.717) is 34.4 Å². The van der Waals surface area contributed by atoms with Crippen LogP contribution in [-0.2, 0) is 9.59 Å². The first kappa shape index (κ1) is 21.1. The van der Waals surface area contributed by atoms with Gasteiger partial charge in [0, 0.05) is 23.5 Å². The van der Waals surface area contributed by atoms with E-state index in [1.807, 2.05) is 43.3 Å². The van der Waals surface area contributed by atoms with Gasteiger partial charge in [-0.05, 0) is 42.3 Å². The van der Waals surface area contributed by atoms with Gasteiger partial charge >= 0.3 is 0 Å². The number of carbonyl (C=O) groups is 2. The number of β-lactam (4-membered cyclic amide) rings is 1. The summed E-state index contributed by atoms with van der Waals surface area (Å²) in [6.07, 6.45) is 1.97. The Morgan fingerprint density at radius 2 is 1.54 bits per heavy atom. The maximum atomic E-state index is 13.9. The summed E-state index contributed by atoms with van der Waals surface area (Å²) in [6, 6.07) is 20.2. The lowest BCUT2D eigenvalue weighted by molar-refractivity contribution is -0.135. The number of nitrogens with one attached hydrogen (secondary N) is 1. The summed E-state index contributed by atoms with van der Waals surface area (Å²) in [5.74, 6) is 1.85. The first-order chi connectivity index (χ1) is 17.0. The number of hydrogen-bond acceptors (Lipinski definition) is 6. The Morgan fingerprint density at radius 3 is 2.26 bits per heavy atom. The van der Waals surface area contributed by atoms with Gasteiger partial charge in [0.25, 0.3) is 5.91 Å². The van der Waals surface area contributed by atoms with Gasteiger partial charge in [0.15, 0.2) is 28.5 Å². The van der Waals surface area contributed by atoms with Gasteiger partial charge in [0.1, 0.15) is 0 Å². The average molecular weight is 470 g/mol. The van der Waals surface area contributed by atoms with Gasteiger partial charge in [-0.2, -0.15) is 0 Å². The minimum absolute atomic E-state index is 0.0347. The molecule has 1 fully saturated rings. The molecule has 1 saturated heterocycles. The largest absolute Gasteiger partial charge is 0.454 e. The second-order valence-corrected chi connectivity index (χ2v) is 8.56. The Balaban J connectivity index is 1.41. The van der Waals surface area contributed by atoms with E-state index >= 15 is 0 Å². The molecule has 8 heteroatoms. The van der Waals surface area contributed by atoms with E-state index in [4.69, 9.17) is 18.9 Å². The van der Waals surface area contributed by atoms with Crippen LogP contribution in [0.1, 0.15) is 18.9 Å². The molecule has 1 unspecified atom stereocenters. The highest BCUT2D eigenvalue weighted by Crippen LogP contribution is 2.46. The Kier molecular flexibility index (Phi) is 4.88. The summed E-state index contributed by atoms with van der Waals surface area (Å²) in [6.45, 7) is 2.13. The quantitative estimate of drug-likeness (QED) is 0.558. The Bertz CT molecular complexity index is 1370. The van der Waals surface area contributed by atoms with Crippen molar-refractivity contribution >= 4 is 29.3 Å². The zero-order chi connectivity index (χ0) is 24.0. The maximum Gasteiger partial charge on any atom is 0.255 e. The summed E-state index contributed by atoms with van der Waals surface area (Å²) in [4.78, 5) is 28.5. The lowest BCUT2D eigenvalue weighted by atomic mass is 9.75. The topological polar surface area (TPSA) is 86.3 Å². The normalized spacial score (nSPS) is 20.0. The fourth-order valence-electron chi connectivity index (χ4n) is 4.69. The van der Waals surface area contributed by atoms with Crippen LogP contribution in [0.4, 0.5) is 11.4 Å². The van der Waals surface area contributed by atoms with Crippen LogP contribution >= 0.6 is 0 Å². The van der Waals surface area contributed by atoms with Crippen LogP contribution < -0.4 is 29.2 Å². The van der Waals surface area contributed by atoms with Gasteiger partial charge in [0.2, 0.25) is 19.5 Å². The number of anilines is 2. The number of carbonyl (C=O) groups excluding carboxylic acids is 2. The van der Waals surface area contributed by atoms with Crippen LogP contribution in [0.2, 0.25) is 0 Å². The number of amides is 2. The Morgan fingerprint density at radius 1 is 0.886 bits per heavy atom. The molecule has 3 aromatic carbocycles. The molecule has 176 valence electrons. The van der Waals surface area contributed by atoms with Crippen molar-refractivity contribution in [3.05, 3.63) is 77.9 Å². The van der Waals surface area contributed by atoms with Crippen molar-refractivity contribution in [3.63, 3.8) is 0 Å². The summed E-state index contributed by atoms with van der Waals surface area (Å²) < 4.78 is 21.7. The SMILES string of the molecule is CC(=Cc1ccccc1)C1(C(=O)Nc2ccc3c(c2)OCO3)CC(=O)N1c1ccc2c(c1)OCO2. The molecule has 1 N–H and O–H groups in total. The molecule has 2 amide bonds. The molecule has 3 aliphatic rings. The minimum Gasteiger partial charge on any atom is -0.454 e. The van der Waals surface area contributed by atoms with Gasteiger partial charge in [-0.25, -0.2) is 0 Å². The first-order valence-electron chi connectivity index (χ1n) is 11.2. The highest BCUT2D eigenvalue weighted by molar-refractivity contribution is 6.19. The smallest absolute Gasteiger partial charge is 0.255 e. The molecule has 0 spiro atoms. The predicted octanol–water partition coefficient (Wildman–Crippen LogP) is 4.36. The van der Waals surface area contributed by atoms with Crippen molar-refractivity contribution < 1.29 is 28.5 Å². The van der Waals surface area contributed by atoms with E-state index in [0.717, 1.165) is 11.1 Å². The fraction of sp³-hybridized carbons (Fsp3) is 0.185. The average Bonchev–Trinajstić information content (AvgIpc) is 3.51. The van der Waals surface area contributed by atoms with E-state index in [2.05, 4.69) is 5.32 Å². The Labute approximate surface area is 201 Å². The monoisotopic (exact) mass is 470 g/mol. The number of nitrogens with zero attached hydrogens (tertiary/aromatic N) is 1. The van der Waals surface area contributed by atoms with Gasteiger partial charge < -0.3 is 24.3 Å². The van der Waals surface area contributed by atoms with Gasteiger partial charge in [-0.3, -0.25) is 14.5 Å². The summed E-state index contributed by atoms with van der Waals surface area (Å²) in [5.41, 5.74) is 1.56. The van der Waals surface area contributed by atoms with Gasteiger partial charge in [0.05, 0.1) is 6.42 Å². The van der Waals surface area contributed by atoms with Crippen LogP contribution in [0.15, 0.2) is 72.3 Å². The van der Waals surface area contributed by atoms with Gasteiger partial charge in [-0.1, -0.05) is 36.4 Å². The molecule has 1 atom stereocenters. The molecule has 0 bridgehead atoms. The minimum atomic E-state index is -1.23. The van der Waals surface area contributed by atoms with Crippen LogP contribution in [0.3, 0.4) is 0 Å². The third kappa shape index (κ3) is 3.45. The molecule has 3 aliphatic heterocycles. The number of benzene rings is 3. The Hall–Kier alpha value is -4.46. The lowest BCUT2D eigenvalue weighted by Crippen LogP contribution is -2.70. The van der Waals surface area contributed by atoms with Crippen molar-refractivity contribution in [1.29, 1.82) is 0 Å². The van der Waals surface area contributed by atoms with Crippen LogP contribution in [0.25, 0.3) is 6.08 Å². The van der Waals surface area contributed by atoms with Gasteiger partial charge in [-0.15, -0.1) is 0 Å². The molecule has 6 rings (SSSR count). The lowest BCUT2D eigenvalue weighted by Gasteiger charge is -2.51. The maximum absolute atomic E-state index is 13.9. The molecular formula is C27H22N2O6. The molecule has 0 aliphatic carbocycles. The third-order valence-electron chi connectivity index (χ3n) is 6.49. The highest BCUT2D eigenvalue weighted by Gasteiger charge is 2.58. The number of fused-ring (bicyclic) bond motifs is 2. The van der Waals surface area contributed by atoms with E-state index in [9.17, 15) is 9.59 Å². The van der Waals surface area contributed by atoms with E-state index in [-0.39, 0.29) is 31.8 Å². The van der Waals surface area contributed by atoms with Crippen molar-refractivity contribution in [1.82, 2.24) is 0 Å². The molecule has 3 aromatic rings. The molecule has 8 nitrogen and oxygen atoms in total. The molecule has 3 heterocycles. The fourth-order valence-corrected chi connectivity index (χ4v) is 4.69. The zero-order valence-corrected chi connectivity index (χ0v) is 18.9.